The molecule has 1 fully saturated rings. The third-order valence-corrected chi connectivity index (χ3v) is 3.69. The van der Waals surface area contributed by atoms with Gasteiger partial charge >= 0.3 is 0 Å². The maximum absolute atomic E-state index is 12.4. The number of amides is 1. The normalized spacial score (nSPS) is 17.6. The molecular formula is C13H17BrN2O2. The van der Waals surface area contributed by atoms with Gasteiger partial charge < -0.3 is 14.9 Å². The van der Waals surface area contributed by atoms with Crippen LogP contribution < -0.4 is 0 Å². The van der Waals surface area contributed by atoms with Crippen LogP contribution >= 0.6 is 15.9 Å². The standard InChI is InChI=1S/C13H17BrN2O2/c1-15-5-2-6-16(8-7-15)13(18)11-9-10(14)3-4-12(11)17/h3-4,9,17H,2,5-8H2,1H3. The Hall–Kier alpha value is -1.07. The highest BCUT2D eigenvalue weighted by atomic mass is 79.9. The third kappa shape index (κ3) is 3.03. The van der Waals surface area contributed by atoms with Gasteiger partial charge in [0.05, 0.1) is 5.56 Å². The van der Waals surface area contributed by atoms with Gasteiger partial charge in [-0.1, -0.05) is 15.9 Å². The van der Waals surface area contributed by atoms with Crippen molar-refractivity contribution in [2.24, 2.45) is 0 Å². The van der Waals surface area contributed by atoms with E-state index in [0.717, 1.165) is 30.5 Å². The van der Waals surface area contributed by atoms with Gasteiger partial charge in [-0.2, -0.15) is 0 Å². The average molecular weight is 313 g/mol. The maximum atomic E-state index is 12.4. The summed E-state index contributed by atoms with van der Waals surface area (Å²) in [6.07, 6.45) is 0.969. The van der Waals surface area contributed by atoms with Crippen LogP contribution in [-0.2, 0) is 0 Å². The molecule has 2 rings (SSSR count). The first-order valence-electron chi connectivity index (χ1n) is 6.04. The summed E-state index contributed by atoms with van der Waals surface area (Å²) >= 11 is 3.32. The molecule has 0 bridgehead atoms. The summed E-state index contributed by atoms with van der Waals surface area (Å²) in [5.41, 5.74) is 0.369. The van der Waals surface area contributed by atoms with Crippen LogP contribution in [0.2, 0.25) is 0 Å². The van der Waals surface area contributed by atoms with Crippen LogP contribution in [0.25, 0.3) is 0 Å². The lowest BCUT2D eigenvalue weighted by Crippen LogP contribution is -2.34. The number of likely N-dealkylation sites (N-methyl/N-ethyl adjacent to an activating group) is 1. The third-order valence-electron chi connectivity index (χ3n) is 3.20. The second kappa shape index (κ2) is 5.71. The first-order chi connectivity index (χ1) is 8.58. The molecule has 0 unspecified atom stereocenters. The molecule has 1 aliphatic rings. The number of phenolic OH excluding ortho intramolecular Hbond substituents is 1. The number of benzene rings is 1. The van der Waals surface area contributed by atoms with Gasteiger partial charge in [0.2, 0.25) is 0 Å². The summed E-state index contributed by atoms with van der Waals surface area (Å²) in [7, 11) is 2.06. The molecular weight excluding hydrogens is 296 g/mol. The summed E-state index contributed by atoms with van der Waals surface area (Å²) < 4.78 is 0.801. The number of carbonyl (C=O) groups excluding carboxylic acids is 1. The summed E-state index contributed by atoms with van der Waals surface area (Å²) in [5, 5.41) is 9.78. The quantitative estimate of drug-likeness (QED) is 0.862. The number of aromatic hydroxyl groups is 1. The van der Waals surface area contributed by atoms with Crippen molar-refractivity contribution in [1.29, 1.82) is 0 Å². The molecule has 0 spiro atoms. The van der Waals surface area contributed by atoms with E-state index in [9.17, 15) is 9.90 Å². The van der Waals surface area contributed by atoms with Crippen LogP contribution in [0.3, 0.4) is 0 Å². The number of phenols is 1. The van der Waals surface area contributed by atoms with Crippen LogP contribution in [0, 0.1) is 0 Å². The molecule has 98 valence electrons. The van der Waals surface area contributed by atoms with E-state index in [-0.39, 0.29) is 11.7 Å². The Morgan fingerprint density at radius 1 is 1.28 bits per heavy atom. The zero-order valence-corrected chi connectivity index (χ0v) is 12.0. The Morgan fingerprint density at radius 2 is 2.06 bits per heavy atom. The molecule has 0 aliphatic carbocycles. The number of rotatable bonds is 1. The predicted molar refractivity (Wildman–Crippen MR) is 73.8 cm³/mol. The molecule has 1 saturated heterocycles. The lowest BCUT2D eigenvalue weighted by molar-refractivity contribution is 0.0759. The second-order valence-corrected chi connectivity index (χ2v) is 5.53. The molecule has 18 heavy (non-hydrogen) atoms. The minimum atomic E-state index is -0.0934. The van der Waals surface area contributed by atoms with Gasteiger partial charge in [0.15, 0.2) is 0 Å². The molecule has 0 saturated carbocycles. The van der Waals surface area contributed by atoms with Crippen molar-refractivity contribution in [2.45, 2.75) is 6.42 Å². The van der Waals surface area contributed by atoms with Gasteiger partial charge in [-0.15, -0.1) is 0 Å². The van der Waals surface area contributed by atoms with Gasteiger partial charge in [0.1, 0.15) is 5.75 Å². The second-order valence-electron chi connectivity index (χ2n) is 4.61. The van der Waals surface area contributed by atoms with Crippen molar-refractivity contribution in [2.75, 3.05) is 33.2 Å². The van der Waals surface area contributed by atoms with Crippen molar-refractivity contribution in [3.05, 3.63) is 28.2 Å². The van der Waals surface area contributed by atoms with Crippen molar-refractivity contribution in [3.63, 3.8) is 0 Å². The van der Waals surface area contributed by atoms with Gasteiger partial charge in [-0.3, -0.25) is 4.79 Å². The predicted octanol–water partition coefficient (Wildman–Crippen LogP) is 1.93. The molecule has 0 aromatic heterocycles. The van der Waals surface area contributed by atoms with Gasteiger partial charge in [-0.05, 0) is 38.2 Å². The summed E-state index contributed by atoms with van der Waals surface area (Å²) in [6, 6.07) is 4.94. The van der Waals surface area contributed by atoms with Gasteiger partial charge in [-0.25, -0.2) is 0 Å². The Bertz CT molecular complexity index is 451. The molecule has 0 radical (unpaired) electrons. The lowest BCUT2D eigenvalue weighted by Gasteiger charge is -2.21. The van der Waals surface area contributed by atoms with Crippen LogP contribution in [0.4, 0.5) is 0 Å². The highest BCUT2D eigenvalue weighted by Crippen LogP contribution is 2.23. The Kier molecular flexibility index (Phi) is 4.24. The largest absolute Gasteiger partial charge is 0.507 e. The fraction of sp³-hybridized carbons (Fsp3) is 0.462. The molecule has 1 amide bonds. The van der Waals surface area contributed by atoms with E-state index in [1.165, 1.54) is 0 Å². The molecule has 1 aliphatic heterocycles. The molecule has 1 aromatic carbocycles. The maximum Gasteiger partial charge on any atom is 0.257 e. The minimum absolute atomic E-state index is 0.0424. The van der Waals surface area contributed by atoms with Gasteiger partial charge in [0.25, 0.3) is 5.91 Å². The zero-order chi connectivity index (χ0) is 13.1. The number of carbonyl (C=O) groups is 1. The molecule has 1 aromatic rings. The van der Waals surface area contributed by atoms with E-state index < -0.39 is 0 Å². The lowest BCUT2D eigenvalue weighted by atomic mass is 10.1. The first kappa shape index (κ1) is 13.4. The molecule has 4 nitrogen and oxygen atoms in total. The monoisotopic (exact) mass is 312 g/mol. The van der Waals surface area contributed by atoms with Gasteiger partial charge in [0, 0.05) is 24.1 Å². The molecule has 5 heteroatoms. The summed E-state index contributed by atoms with van der Waals surface area (Å²) in [4.78, 5) is 16.4. The van der Waals surface area contributed by atoms with Crippen molar-refractivity contribution in [1.82, 2.24) is 9.80 Å². The first-order valence-corrected chi connectivity index (χ1v) is 6.83. The number of hydrogen-bond acceptors (Lipinski definition) is 3. The van der Waals surface area contributed by atoms with Crippen molar-refractivity contribution < 1.29 is 9.90 Å². The van der Waals surface area contributed by atoms with E-state index in [1.54, 1.807) is 18.2 Å². The molecule has 0 atom stereocenters. The molecule has 1 heterocycles. The average Bonchev–Trinajstić information content (AvgIpc) is 2.56. The van der Waals surface area contributed by atoms with Crippen molar-refractivity contribution >= 4 is 21.8 Å². The smallest absolute Gasteiger partial charge is 0.257 e. The van der Waals surface area contributed by atoms with E-state index in [0.29, 0.717) is 12.1 Å². The molecule has 1 N–H and O–H groups in total. The highest BCUT2D eigenvalue weighted by molar-refractivity contribution is 9.10. The van der Waals surface area contributed by atoms with E-state index in [2.05, 4.69) is 27.9 Å². The van der Waals surface area contributed by atoms with E-state index in [4.69, 9.17) is 0 Å². The summed E-state index contributed by atoms with van der Waals surface area (Å²) in [5.74, 6) is -0.0510. The SMILES string of the molecule is CN1CCCN(C(=O)c2cc(Br)ccc2O)CC1. The Balaban J connectivity index is 2.17. The number of nitrogens with zero attached hydrogens (tertiary/aromatic N) is 2. The topological polar surface area (TPSA) is 43.8 Å². The van der Waals surface area contributed by atoms with E-state index in [1.807, 2.05) is 4.90 Å². The highest BCUT2D eigenvalue weighted by Gasteiger charge is 2.21. The van der Waals surface area contributed by atoms with Crippen LogP contribution in [0.1, 0.15) is 16.8 Å². The number of hydrogen-bond donors (Lipinski definition) is 1. The number of halogens is 1. The Morgan fingerprint density at radius 3 is 2.83 bits per heavy atom. The van der Waals surface area contributed by atoms with E-state index >= 15 is 0 Å². The Labute approximate surface area is 115 Å². The minimum Gasteiger partial charge on any atom is -0.507 e. The van der Waals surface area contributed by atoms with Crippen LogP contribution in [0.15, 0.2) is 22.7 Å². The zero-order valence-electron chi connectivity index (χ0n) is 10.4. The fourth-order valence-corrected chi connectivity index (χ4v) is 2.46. The van der Waals surface area contributed by atoms with Crippen LogP contribution in [-0.4, -0.2) is 54.0 Å². The fourth-order valence-electron chi connectivity index (χ4n) is 2.10. The van der Waals surface area contributed by atoms with Crippen LogP contribution in [0.5, 0.6) is 5.75 Å². The van der Waals surface area contributed by atoms with Crippen molar-refractivity contribution in [3.8, 4) is 5.75 Å². The summed E-state index contributed by atoms with van der Waals surface area (Å²) in [6.45, 7) is 3.34.